The highest BCUT2D eigenvalue weighted by Gasteiger charge is 2.13. The molecule has 0 aliphatic heterocycles. The van der Waals surface area contributed by atoms with E-state index in [4.69, 9.17) is 0 Å². The van der Waals surface area contributed by atoms with Crippen molar-refractivity contribution in [1.82, 2.24) is 9.97 Å². The lowest BCUT2D eigenvalue weighted by molar-refractivity contribution is -0.119. The summed E-state index contributed by atoms with van der Waals surface area (Å²) >= 11 is 0. The average molecular weight is 245 g/mol. The van der Waals surface area contributed by atoms with Crippen LogP contribution in [0.3, 0.4) is 0 Å². The zero-order chi connectivity index (χ0) is 13.0. The summed E-state index contributed by atoms with van der Waals surface area (Å²) in [5, 5.41) is 2.83. The molecule has 0 saturated carbocycles. The van der Waals surface area contributed by atoms with Crippen LogP contribution < -0.4 is 5.32 Å². The Morgan fingerprint density at radius 2 is 2.22 bits per heavy atom. The quantitative estimate of drug-likeness (QED) is 0.848. The van der Waals surface area contributed by atoms with Crippen molar-refractivity contribution < 1.29 is 4.79 Å². The fourth-order valence-corrected chi connectivity index (χ4v) is 1.89. The molecule has 0 bridgehead atoms. The van der Waals surface area contributed by atoms with Gasteiger partial charge in [0.1, 0.15) is 0 Å². The number of para-hydroxylation sites is 2. The molecule has 2 N–H and O–H groups in total. The summed E-state index contributed by atoms with van der Waals surface area (Å²) in [7, 11) is 0. The number of imidazole rings is 1. The number of nitrogens with zero attached hydrogens (tertiary/aromatic N) is 1. The Bertz CT molecular complexity index is 500. The number of fused-ring (bicyclic) bond motifs is 1. The molecule has 0 spiro atoms. The smallest absolute Gasteiger partial charge is 0.229 e. The van der Waals surface area contributed by atoms with Crippen LogP contribution in [0.25, 0.3) is 11.0 Å². The van der Waals surface area contributed by atoms with E-state index in [0.717, 1.165) is 30.3 Å². The van der Waals surface area contributed by atoms with Crippen LogP contribution in [0.4, 0.5) is 5.95 Å². The van der Waals surface area contributed by atoms with Crippen molar-refractivity contribution in [1.29, 1.82) is 0 Å². The van der Waals surface area contributed by atoms with Gasteiger partial charge in [0.25, 0.3) is 0 Å². The number of anilines is 1. The van der Waals surface area contributed by atoms with E-state index < -0.39 is 0 Å². The Balaban J connectivity index is 2.02. The Hall–Kier alpha value is -1.84. The lowest BCUT2D eigenvalue weighted by atomic mass is 10.0. The minimum atomic E-state index is 0.0261. The molecule has 4 heteroatoms. The number of aromatic amines is 1. The van der Waals surface area contributed by atoms with Gasteiger partial charge in [-0.25, -0.2) is 4.98 Å². The maximum Gasteiger partial charge on any atom is 0.229 e. The molecular weight excluding hydrogens is 226 g/mol. The largest absolute Gasteiger partial charge is 0.324 e. The molecule has 0 aliphatic rings. The first-order valence-corrected chi connectivity index (χ1v) is 6.46. The maximum absolute atomic E-state index is 11.9. The normalized spacial score (nSPS) is 12.6. The second-order valence-corrected chi connectivity index (χ2v) is 4.64. The molecule has 4 nitrogen and oxygen atoms in total. The average Bonchev–Trinajstić information content (AvgIpc) is 2.77. The summed E-state index contributed by atoms with van der Waals surface area (Å²) in [6.07, 6.45) is 3.11. The summed E-state index contributed by atoms with van der Waals surface area (Å²) in [5.41, 5.74) is 1.81. The highest BCUT2D eigenvalue weighted by atomic mass is 16.2. The van der Waals surface area contributed by atoms with Gasteiger partial charge < -0.3 is 4.98 Å². The van der Waals surface area contributed by atoms with Crippen molar-refractivity contribution >= 4 is 22.9 Å². The molecule has 2 rings (SSSR count). The van der Waals surface area contributed by atoms with E-state index in [0.29, 0.717) is 5.95 Å². The van der Waals surface area contributed by atoms with Gasteiger partial charge in [0, 0.05) is 5.92 Å². The molecule has 1 heterocycles. The number of carbonyl (C=O) groups excluding carboxylic acids is 1. The molecule has 0 saturated heterocycles. The number of unbranched alkanes of at least 4 members (excludes halogenated alkanes) is 1. The van der Waals surface area contributed by atoms with Crippen LogP contribution in [-0.2, 0) is 4.79 Å². The Labute approximate surface area is 107 Å². The van der Waals surface area contributed by atoms with Gasteiger partial charge in [0.05, 0.1) is 11.0 Å². The van der Waals surface area contributed by atoms with E-state index in [1.165, 1.54) is 0 Å². The Kier molecular flexibility index (Phi) is 3.97. The summed E-state index contributed by atoms with van der Waals surface area (Å²) in [6, 6.07) is 7.73. The molecular formula is C14H19N3O. The minimum Gasteiger partial charge on any atom is -0.324 e. The summed E-state index contributed by atoms with van der Waals surface area (Å²) in [4.78, 5) is 19.3. The van der Waals surface area contributed by atoms with Gasteiger partial charge in [-0.3, -0.25) is 10.1 Å². The zero-order valence-electron chi connectivity index (χ0n) is 10.9. The Morgan fingerprint density at radius 1 is 1.44 bits per heavy atom. The molecule has 2 aromatic rings. The molecule has 0 radical (unpaired) electrons. The number of hydrogen-bond acceptors (Lipinski definition) is 2. The highest BCUT2D eigenvalue weighted by molar-refractivity contribution is 5.92. The fraction of sp³-hybridized carbons (Fsp3) is 0.429. The van der Waals surface area contributed by atoms with Gasteiger partial charge in [0.2, 0.25) is 11.9 Å². The number of rotatable bonds is 5. The third-order valence-electron chi connectivity index (χ3n) is 3.07. The van der Waals surface area contributed by atoms with E-state index in [2.05, 4.69) is 22.2 Å². The lowest BCUT2D eigenvalue weighted by Gasteiger charge is -2.09. The van der Waals surface area contributed by atoms with Crippen LogP contribution in [0.2, 0.25) is 0 Å². The predicted molar refractivity (Wildman–Crippen MR) is 73.4 cm³/mol. The monoisotopic (exact) mass is 245 g/mol. The highest BCUT2D eigenvalue weighted by Crippen LogP contribution is 2.15. The van der Waals surface area contributed by atoms with Crippen molar-refractivity contribution in [3.05, 3.63) is 24.3 Å². The number of hydrogen-bond donors (Lipinski definition) is 2. The van der Waals surface area contributed by atoms with Crippen molar-refractivity contribution in [3.63, 3.8) is 0 Å². The van der Waals surface area contributed by atoms with Gasteiger partial charge in [-0.05, 0) is 18.6 Å². The number of carbonyl (C=O) groups is 1. The van der Waals surface area contributed by atoms with Crippen LogP contribution in [0.1, 0.15) is 33.1 Å². The van der Waals surface area contributed by atoms with E-state index in [1.54, 1.807) is 0 Å². The molecule has 1 aromatic carbocycles. The van der Waals surface area contributed by atoms with Crippen LogP contribution in [0.15, 0.2) is 24.3 Å². The van der Waals surface area contributed by atoms with E-state index in [9.17, 15) is 4.79 Å². The predicted octanol–water partition coefficient (Wildman–Crippen LogP) is 3.33. The van der Waals surface area contributed by atoms with Gasteiger partial charge in [-0.1, -0.05) is 38.8 Å². The molecule has 1 atom stereocenters. The van der Waals surface area contributed by atoms with E-state index in [1.807, 2.05) is 31.2 Å². The zero-order valence-corrected chi connectivity index (χ0v) is 10.9. The molecule has 1 unspecified atom stereocenters. The standard InChI is InChI=1S/C14H19N3O/c1-3-4-7-10(2)13(18)17-14-15-11-8-5-6-9-12(11)16-14/h5-6,8-10H,3-4,7H2,1-2H3,(H2,15,16,17,18). The first-order valence-electron chi connectivity index (χ1n) is 6.46. The minimum absolute atomic E-state index is 0.0261. The molecule has 1 amide bonds. The maximum atomic E-state index is 11.9. The van der Waals surface area contributed by atoms with Gasteiger partial charge >= 0.3 is 0 Å². The number of aromatic nitrogens is 2. The molecule has 96 valence electrons. The number of amides is 1. The van der Waals surface area contributed by atoms with Gasteiger partial charge in [-0.15, -0.1) is 0 Å². The van der Waals surface area contributed by atoms with Crippen molar-refractivity contribution in [3.8, 4) is 0 Å². The number of benzene rings is 1. The second kappa shape index (κ2) is 5.67. The van der Waals surface area contributed by atoms with Crippen LogP contribution >= 0.6 is 0 Å². The second-order valence-electron chi connectivity index (χ2n) is 4.64. The Morgan fingerprint density at radius 3 is 2.94 bits per heavy atom. The topological polar surface area (TPSA) is 57.8 Å². The van der Waals surface area contributed by atoms with Crippen LogP contribution in [0, 0.1) is 5.92 Å². The van der Waals surface area contributed by atoms with Crippen LogP contribution in [0.5, 0.6) is 0 Å². The SMILES string of the molecule is CCCCC(C)C(=O)Nc1nc2ccccc2[nH]1. The van der Waals surface area contributed by atoms with Crippen molar-refractivity contribution in [2.45, 2.75) is 33.1 Å². The third kappa shape index (κ3) is 2.88. The first-order chi connectivity index (χ1) is 8.70. The first kappa shape index (κ1) is 12.6. The molecule has 0 fully saturated rings. The number of H-pyrrole nitrogens is 1. The van der Waals surface area contributed by atoms with E-state index in [-0.39, 0.29) is 11.8 Å². The number of nitrogens with one attached hydrogen (secondary N) is 2. The van der Waals surface area contributed by atoms with Crippen molar-refractivity contribution in [2.24, 2.45) is 5.92 Å². The van der Waals surface area contributed by atoms with E-state index >= 15 is 0 Å². The van der Waals surface area contributed by atoms with Crippen molar-refractivity contribution in [2.75, 3.05) is 5.32 Å². The van der Waals surface area contributed by atoms with Crippen LogP contribution in [-0.4, -0.2) is 15.9 Å². The van der Waals surface area contributed by atoms with Gasteiger partial charge in [-0.2, -0.15) is 0 Å². The third-order valence-corrected chi connectivity index (χ3v) is 3.07. The van der Waals surface area contributed by atoms with Gasteiger partial charge in [0.15, 0.2) is 0 Å². The summed E-state index contributed by atoms with van der Waals surface area (Å²) in [6.45, 7) is 4.08. The molecule has 0 aliphatic carbocycles. The molecule has 18 heavy (non-hydrogen) atoms. The molecule has 1 aromatic heterocycles. The lowest BCUT2D eigenvalue weighted by Crippen LogP contribution is -2.20. The summed E-state index contributed by atoms with van der Waals surface area (Å²) < 4.78 is 0. The summed E-state index contributed by atoms with van der Waals surface area (Å²) in [5.74, 6) is 0.588. The fourth-order valence-electron chi connectivity index (χ4n) is 1.89.